The summed E-state index contributed by atoms with van der Waals surface area (Å²) in [6.45, 7) is 4.40. The number of likely N-dealkylation sites (tertiary alicyclic amines) is 1. The summed E-state index contributed by atoms with van der Waals surface area (Å²) < 4.78 is 31.7. The van der Waals surface area contributed by atoms with E-state index in [0.29, 0.717) is 17.6 Å². The van der Waals surface area contributed by atoms with Gasteiger partial charge in [0, 0.05) is 45.7 Å². The monoisotopic (exact) mass is 560 g/mol. The number of aromatic amines is 2. The zero-order valence-corrected chi connectivity index (χ0v) is 22.6. The predicted octanol–water partition coefficient (Wildman–Crippen LogP) is 6.48. The molecule has 194 valence electrons. The molecule has 5 nitrogen and oxygen atoms in total. The average molecular weight is 562 g/mol. The molecule has 0 radical (unpaired) electrons. The van der Waals surface area contributed by atoms with E-state index in [2.05, 4.69) is 39.4 Å². The number of hydrogen-bond donors (Lipinski definition) is 3. The van der Waals surface area contributed by atoms with E-state index < -0.39 is 0 Å². The quantitative estimate of drug-likeness (QED) is 0.269. The summed E-state index contributed by atoms with van der Waals surface area (Å²) in [5, 5.41) is 5.48. The Morgan fingerprint density at radius 1 is 0.806 bits per heavy atom. The fraction of sp³-hybridized carbons (Fsp3) is 0.429. The molecule has 36 heavy (non-hydrogen) atoms. The Morgan fingerprint density at radius 2 is 1.42 bits per heavy atom. The minimum atomic E-state index is -0.316. The lowest BCUT2D eigenvalue weighted by molar-refractivity contribution is 0.254. The van der Waals surface area contributed by atoms with Gasteiger partial charge in [-0.25, -0.2) is 8.78 Å². The van der Waals surface area contributed by atoms with Crippen LogP contribution in [0.1, 0.15) is 48.9 Å². The highest BCUT2D eigenvalue weighted by Crippen LogP contribution is 2.31. The van der Waals surface area contributed by atoms with Crippen molar-refractivity contribution in [1.29, 1.82) is 0 Å². The van der Waals surface area contributed by atoms with Gasteiger partial charge in [-0.3, -0.25) is 0 Å². The van der Waals surface area contributed by atoms with E-state index in [-0.39, 0.29) is 28.6 Å². The maximum absolute atomic E-state index is 13.6. The minimum Gasteiger partial charge on any atom is -0.494 e. The van der Waals surface area contributed by atoms with E-state index in [9.17, 15) is 8.78 Å². The molecule has 2 aromatic carbocycles. The van der Waals surface area contributed by atoms with E-state index in [1.807, 2.05) is 6.07 Å². The van der Waals surface area contributed by atoms with Crippen molar-refractivity contribution in [2.45, 2.75) is 37.5 Å². The van der Waals surface area contributed by atoms with Gasteiger partial charge in [0.1, 0.15) is 5.82 Å². The molecule has 4 aromatic rings. The summed E-state index contributed by atoms with van der Waals surface area (Å²) in [6.07, 6.45) is 4.64. The first kappa shape index (κ1) is 26.6. The highest BCUT2D eigenvalue weighted by Gasteiger charge is 2.20. The van der Waals surface area contributed by atoms with Crippen molar-refractivity contribution in [2.75, 3.05) is 40.3 Å². The number of piperidine rings is 2. The van der Waals surface area contributed by atoms with Gasteiger partial charge < -0.3 is 24.9 Å². The number of benzene rings is 2. The van der Waals surface area contributed by atoms with Gasteiger partial charge in [-0.15, -0.1) is 17.0 Å². The first-order valence-electron chi connectivity index (χ1n) is 12.5. The Labute approximate surface area is 221 Å². The third-order valence-electron chi connectivity index (χ3n) is 7.46. The Balaban J connectivity index is 0.000000165. The fourth-order valence-corrected chi connectivity index (χ4v) is 5.33. The van der Waals surface area contributed by atoms with E-state index >= 15 is 0 Å². The summed E-state index contributed by atoms with van der Waals surface area (Å²) in [5.74, 6) is 0.964. The largest absolute Gasteiger partial charge is 0.494 e. The van der Waals surface area contributed by atoms with Crippen LogP contribution in [0.25, 0.3) is 21.8 Å². The molecular formula is C28H35BrF2N4O. The molecule has 0 unspecified atom stereocenters. The molecule has 0 atom stereocenters. The van der Waals surface area contributed by atoms with Crippen LogP contribution in [0, 0.1) is 11.6 Å². The zero-order valence-electron chi connectivity index (χ0n) is 20.9. The van der Waals surface area contributed by atoms with Crippen molar-refractivity contribution in [3.8, 4) is 5.75 Å². The Morgan fingerprint density at radius 3 is 2.08 bits per heavy atom. The maximum Gasteiger partial charge on any atom is 0.167 e. The number of H-pyrrole nitrogens is 2. The molecule has 4 heterocycles. The van der Waals surface area contributed by atoms with Gasteiger partial charge >= 0.3 is 0 Å². The molecule has 2 fully saturated rings. The predicted molar refractivity (Wildman–Crippen MR) is 148 cm³/mol. The first-order valence-corrected chi connectivity index (χ1v) is 12.5. The second-order valence-corrected chi connectivity index (χ2v) is 9.86. The van der Waals surface area contributed by atoms with Crippen molar-refractivity contribution in [3.63, 3.8) is 0 Å². The normalized spacial score (nSPS) is 17.6. The number of nitrogens with one attached hydrogen (secondary N) is 3. The second-order valence-electron chi connectivity index (χ2n) is 9.86. The van der Waals surface area contributed by atoms with E-state index in [1.165, 1.54) is 43.5 Å². The number of hydrogen-bond acceptors (Lipinski definition) is 3. The van der Waals surface area contributed by atoms with Crippen LogP contribution in [0.3, 0.4) is 0 Å². The van der Waals surface area contributed by atoms with Crippen molar-refractivity contribution < 1.29 is 13.5 Å². The van der Waals surface area contributed by atoms with Crippen LogP contribution in [0.5, 0.6) is 5.75 Å². The van der Waals surface area contributed by atoms with E-state index in [0.717, 1.165) is 60.8 Å². The van der Waals surface area contributed by atoms with Crippen molar-refractivity contribution >= 4 is 38.8 Å². The Bertz CT molecular complexity index is 1290. The standard InChI is InChI=1S/C14H17FN2O.C14H17FN2.BrH/c1-18-14-7-10-6-12(9-2-4-16-5-3-9)17-13(10)8-11(14)15;1-17-6-4-10(5-7-17)13-8-11-2-3-12(15)9-14(11)16-13;/h6-9,16-17H,2-5H2,1H3;2-3,8-10,16H,4-7H2,1H3;1H. The number of ether oxygens (including phenoxy) is 1. The van der Waals surface area contributed by atoms with Gasteiger partial charge in [0.05, 0.1) is 7.11 Å². The van der Waals surface area contributed by atoms with Gasteiger partial charge in [-0.2, -0.15) is 0 Å². The molecule has 0 spiro atoms. The highest BCUT2D eigenvalue weighted by molar-refractivity contribution is 8.93. The van der Waals surface area contributed by atoms with Crippen molar-refractivity contribution in [1.82, 2.24) is 20.2 Å². The lowest BCUT2D eigenvalue weighted by Gasteiger charge is -2.28. The summed E-state index contributed by atoms with van der Waals surface area (Å²) in [5.41, 5.74) is 4.23. The molecule has 0 aliphatic carbocycles. The second kappa shape index (κ2) is 11.8. The molecule has 0 saturated carbocycles. The van der Waals surface area contributed by atoms with Crippen molar-refractivity contribution in [3.05, 3.63) is 65.5 Å². The molecule has 0 amide bonds. The topological polar surface area (TPSA) is 56.1 Å². The number of fused-ring (bicyclic) bond motifs is 2. The van der Waals surface area contributed by atoms with Gasteiger partial charge in [0.2, 0.25) is 0 Å². The molecule has 6 rings (SSSR count). The maximum atomic E-state index is 13.6. The summed E-state index contributed by atoms with van der Waals surface area (Å²) in [7, 11) is 3.65. The van der Waals surface area contributed by atoms with Gasteiger partial charge in [-0.05, 0) is 101 Å². The third kappa shape index (κ3) is 5.93. The Hall–Kier alpha value is -2.42. The lowest BCUT2D eigenvalue weighted by atomic mass is 9.94. The average Bonchev–Trinajstić information content (AvgIpc) is 3.48. The van der Waals surface area contributed by atoms with Crippen LogP contribution in [0.2, 0.25) is 0 Å². The summed E-state index contributed by atoms with van der Waals surface area (Å²) in [4.78, 5) is 9.06. The Kier molecular flexibility index (Phi) is 8.70. The van der Waals surface area contributed by atoms with Crippen LogP contribution in [-0.2, 0) is 0 Å². The summed E-state index contributed by atoms with van der Waals surface area (Å²) >= 11 is 0. The third-order valence-corrected chi connectivity index (χ3v) is 7.46. The van der Waals surface area contributed by atoms with Gasteiger partial charge in [-0.1, -0.05) is 0 Å². The van der Waals surface area contributed by atoms with Crippen LogP contribution in [-0.4, -0.2) is 55.2 Å². The minimum absolute atomic E-state index is 0. The molecular weight excluding hydrogens is 526 g/mol. The zero-order chi connectivity index (χ0) is 24.4. The molecule has 3 N–H and O–H groups in total. The number of methoxy groups -OCH3 is 1. The van der Waals surface area contributed by atoms with Crippen LogP contribution < -0.4 is 10.1 Å². The van der Waals surface area contributed by atoms with Gasteiger partial charge in [0.25, 0.3) is 0 Å². The lowest BCUT2D eigenvalue weighted by Crippen LogP contribution is -2.29. The van der Waals surface area contributed by atoms with Crippen LogP contribution in [0.4, 0.5) is 8.78 Å². The number of aromatic nitrogens is 2. The molecule has 2 saturated heterocycles. The van der Waals surface area contributed by atoms with Gasteiger partial charge in [0.15, 0.2) is 11.6 Å². The number of halogens is 3. The molecule has 2 aliphatic rings. The summed E-state index contributed by atoms with van der Waals surface area (Å²) in [6, 6.07) is 12.5. The van der Waals surface area contributed by atoms with E-state index in [4.69, 9.17) is 4.74 Å². The fourth-order valence-electron chi connectivity index (χ4n) is 5.33. The number of rotatable bonds is 3. The molecule has 0 bridgehead atoms. The highest BCUT2D eigenvalue weighted by atomic mass is 79.9. The SMILES string of the molecule is Br.CN1CCC(c2cc3ccc(F)cc3[nH]2)CC1.COc1cc2cc(C3CCNCC3)[nH]c2cc1F. The van der Waals surface area contributed by atoms with E-state index in [1.54, 1.807) is 12.1 Å². The van der Waals surface area contributed by atoms with Crippen LogP contribution in [0.15, 0.2) is 42.5 Å². The smallest absolute Gasteiger partial charge is 0.167 e. The number of nitrogens with zero attached hydrogens (tertiary/aromatic N) is 1. The molecule has 8 heteroatoms. The molecule has 2 aromatic heterocycles. The first-order chi connectivity index (χ1) is 17.0. The van der Waals surface area contributed by atoms with Crippen LogP contribution >= 0.6 is 17.0 Å². The molecule has 2 aliphatic heterocycles. The van der Waals surface area contributed by atoms with Crippen molar-refractivity contribution in [2.24, 2.45) is 0 Å².